The van der Waals surface area contributed by atoms with E-state index < -0.39 is 66.1 Å². The molecule has 0 unspecified atom stereocenters. The maximum atomic E-state index is 11.4. The fraction of sp³-hybridized carbons (Fsp3) is 0.875. The molecule has 0 aliphatic rings. The van der Waals surface area contributed by atoms with Gasteiger partial charge in [0.1, 0.15) is 0 Å². The van der Waals surface area contributed by atoms with Gasteiger partial charge in [-0.2, -0.15) is 26.3 Å². The first-order chi connectivity index (χ1) is 13.3. The van der Waals surface area contributed by atoms with Gasteiger partial charge in [0.2, 0.25) is 0 Å². The average Bonchev–Trinajstić information content (AvgIpc) is 2.60. The van der Waals surface area contributed by atoms with Crippen LogP contribution < -0.4 is 0 Å². The summed E-state index contributed by atoms with van der Waals surface area (Å²) in [6.07, 6.45) is 0. The van der Waals surface area contributed by atoms with Crippen molar-refractivity contribution in [3.63, 3.8) is 0 Å². The molecule has 31 heavy (non-hydrogen) atoms. The minimum atomic E-state index is -5.81. The molecule has 0 N–H and O–H groups in total. The summed E-state index contributed by atoms with van der Waals surface area (Å²) in [5.74, 6) is 0. The van der Waals surface area contributed by atoms with Gasteiger partial charge in [0.05, 0.1) is 0 Å². The van der Waals surface area contributed by atoms with Crippen LogP contribution in [0.4, 0.5) is 39.5 Å². The molecular formula is C8H8F9NO9RuS3. The van der Waals surface area contributed by atoms with E-state index in [-0.39, 0.29) is 0 Å². The molecule has 23 heteroatoms. The van der Waals surface area contributed by atoms with Crippen molar-refractivity contribution in [1.82, 2.24) is 0 Å². The van der Waals surface area contributed by atoms with Crippen molar-refractivity contribution in [2.75, 3.05) is 20.0 Å². The summed E-state index contributed by atoms with van der Waals surface area (Å²) in [6.45, 7) is -7.42. The summed E-state index contributed by atoms with van der Waals surface area (Å²) >= 11 is 2.22. The molecule has 0 aromatic heterocycles. The second kappa shape index (κ2) is 14.4. The zero-order chi connectivity index (χ0) is 26.5. The molecule has 0 spiro atoms. The third-order valence-corrected chi connectivity index (χ3v) is 4.42. The normalized spacial score (nSPS) is 12.6. The molecular weight excluding hydrogens is 622 g/mol. The Balaban J connectivity index is -0.000000162. The fourth-order valence-corrected chi connectivity index (χ4v) is 0.601. The topological polar surface area (TPSA) is 195 Å². The van der Waals surface area contributed by atoms with Crippen LogP contribution in [-0.2, 0) is 48.7 Å². The van der Waals surface area contributed by atoms with Gasteiger partial charge in [-0.1, -0.05) is 0 Å². The number of halogens is 9. The number of hydrogen-bond donors (Lipinski definition) is 0. The molecule has 0 aromatic rings. The Morgan fingerprint density at radius 1 is 0.645 bits per heavy atom. The van der Waals surface area contributed by atoms with E-state index in [0.717, 1.165) is 0 Å². The smallest absolute Gasteiger partial charge is 0.362 e. The Labute approximate surface area is 179 Å². The summed E-state index contributed by atoms with van der Waals surface area (Å²) in [6, 6.07) is 1.90. The van der Waals surface area contributed by atoms with E-state index in [9.17, 15) is 78.4 Å². The first kappa shape index (κ1) is 37.5. The van der Waals surface area contributed by atoms with Gasteiger partial charge < -0.3 is 13.7 Å². The van der Waals surface area contributed by atoms with Crippen LogP contribution in [0.3, 0.4) is 0 Å². The predicted octanol–water partition coefficient (Wildman–Crippen LogP) is 0.757. The second-order valence-electron chi connectivity index (χ2n) is 3.96. The summed E-state index contributed by atoms with van der Waals surface area (Å²) in [5.41, 5.74) is 0. The van der Waals surface area contributed by atoms with Crippen molar-refractivity contribution in [3.8, 4) is 6.07 Å². The second-order valence-corrected chi connectivity index (χ2v) is 9.09. The van der Waals surface area contributed by atoms with Crippen LogP contribution in [0.5, 0.6) is 0 Å². The van der Waals surface area contributed by atoms with Crippen LogP contribution in [0, 0.1) is 11.3 Å². The minimum Gasteiger partial charge on any atom is -0.743 e. The zero-order valence-corrected chi connectivity index (χ0v) is 18.1. The maximum absolute atomic E-state index is 11.4. The Morgan fingerprint density at radius 2 is 0.774 bits per heavy atom. The molecule has 0 saturated carbocycles. The molecule has 0 aliphatic carbocycles. The Bertz CT molecular complexity index is 767. The summed E-state index contributed by atoms with van der Waals surface area (Å²) in [7, 11) is -17.4. The van der Waals surface area contributed by atoms with E-state index in [4.69, 9.17) is 5.26 Å². The number of hydrogen-bond acceptors (Lipinski definition) is 10. The van der Waals surface area contributed by atoms with Gasteiger partial charge >= 0.3 is 50.4 Å². The van der Waals surface area contributed by atoms with E-state index in [0.29, 0.717) is 5.02 Å². The SMILES string of the molecule is N#C[CH2][Ru+3].O=S(=O)([O-])C(F)(F)CF.O=S(=O)([O-])C(F)(F)CF.O=S(=O)([O-])C(F)(F)CF. The van der Waals surface area contributed by atoms with E-state index in [1.165, 1.54) is 0 Å². The molecule has 0 aliphatic heterocycles. The van der Waals surface area contributed by atoms with E-state index in [1.54, 1.807) is 0 Å². The summed E-state index contributed by atoms with van der Waals surface area (Å²) in [4.78, 5) is 0. The first-order valence-electron chi connectivity index (χ1n) is 5.94. The van der Waals surface area contributed by atoms with Gasteiger partial charge in [-0.25, -0.2) is 38.4 Å². The summed E-state index contributed by atoms with van der Waals surface area (Å²) < 4.78 is 185. The Hall–Kier alpha value is -0.787. The van der Waals surface area contributed by atoms with Crippen LogP contribution in [-0.4, -0.2) is 74.7 Å². The van der Waals surface area contributed by atoms with Gasteiger partial charge in [-0.05, 0) is 0 Å². The minimum absolute atomic E-state index is 0.555. The van der Waals surface area contributed by atoms with Crippen molar-refractivity contribution >= 4 is 30.4 Å². The van der Waals surface area contributed by atoms with Gasteiger partial charge in [0.15, 0.2) is 50.4 Å². The van der Waals surface area contributed by atoms with Crippen LogP contribution in [0.15, 0.2) is 0 Å². The molecule has 0 aromatic carbocycles. The largest absolute Gasteiger partial charge is 0.743 e. The number of rotatable bonds is 6. The van der Waals surface area contributed by atoms with E-state index in [1.807, 2.05) is 6.07 Å². The fourth-order valence-electron chi connectivity index (χ4n) is 0.200. The van der Waals surface area contributed by atoms with Gasteiger partial charge in [0, 0.05) is 0 Å². The number of nitrogens with zero attached hydrogens (tertiary/aromatic N) is 1. The van der Waals surface area contributed by atoms with Crippen LogP contribution in [0.1, 0.15) is 0 Å². The van der Waals surface area contributed by atoms with Gasteiger partial charge in [-0.3, -0.25) is 0 Å². The zero-order valence-electron chi connectivity index (χ0n) is 13.9. The molecule has 0 rings (SSSR count). The van der Waals surface area contributed by atoms with Crippen molar-refractivity contribution in [3.05, 3.63) is 0 Å². The predicted molar refractivity (Wildman–Crippen MR) is 72.3 cm³/mol. The molecule has 0 amide bonds. The van der Waals surface area contributed by atoms with Crippen molar-refractivity contribution < 1.29 is 96.7 Å². The van der Waals surface area contributed by atoms with Crippen LogP contribution in [0.25, 0.3) is 0 Å². The van der Waals surface area contributed by atoms with Crippen molar-refractivity contribution in [2.24, 2.45) is 0 Å². The van der Waals surface area contributed by atoms with Gasteiger partial charge in [0.25, 0.3) is 0 Å². The van der Waals surface area contributed by atoms with Crippen molar-refractivity contribution in [2.45, 2.75) is 20.8 Å². The quantitative estimate of drug-likeness (QED) is 0.230. The molecule has 0 atom stereocenters. The van der Waals surface area contributed by atoms with Crippen LogP contribution >= 0.6 is 0 Å². The number of alkyl halides is 9. The molecule has 0 heterocycles. The standard InChI is InChI=1S/3C2H3F3O3S.C2H2N.Ru/c3*3-1-2(4,5)9(6,7)8;1-2-3;/h3*1H2,(H,6,7,8);1H2;/q;;;;+3/p-3. The van der Waals surface area contributed by atoms with Crippen LogP contribution in [0.2, 0.25) is 5.02 Å². The molecule has 0 saturated heterocycles. The maximum Gasteiger partial charge on any atom is 0.362 e. The third-order valence-electron chi connectivity index (χ3n) is 1.62. The Morgan fingerprint density at radius 3 is 0.774 bits per heavy atom. The molecule has 188 valence electrons. The van der Waals surface area contributed by atoms with Gasteiger partial charge in [-0.15, -0.1) is 0 Å². The molecule has 0 radical (unpaired) electrons. The number of nitriles is 1. The van der Waals surface area contributed by atoms with Crippen molar-refractivity contribution in [1.29, 1.82) is 5.26 Å². The molecule has 0 fully saturated rings. The third kappa shape index (κ3) is 16.5. The Kier molecular flexibility index (Phi) is 17.4. The monoisotopic (exact) mass is 631 g/mol. The average molecular weight is 630 g/mol. The first-order valence-corrected chi connectivity index (χ1v) is 11.4. The van der Waals surface area contributed by atoms with E-state index >= 15 is 0 Å². The molecule has 10 nitrogen and oxygen atoms in total. The van der Waals surface area contributed by atoms with E-state index in [2.05, 4.69) is 18.3 Å². The molecule has 0 bridgehead atoms. The summed E-state index contributed by atoms with van der Waals surface area (Å²) in [5, 5.41) is -6.15.